The number of hydrogen-bond donors (Lipinski definition) is 1. The first kappa shape index (κ1) is 18.8. The topological polar surface area (TPSA) is 92.1 Å². The number of aliphatic hydroxyl groups is 1. The summed E-state index contributed by atoms with van der Waals surface area (Å²) in [4.78, 5) is 32.0. The maximum Gasteiger partial charge on any atom is 0.273 e. The number of fused-ring (bicyclic) bond motifs is 1. The second-order valence-electron chi connectivity index (χ2n) is 7.35. The molecule has 1 aliphatic heterocycles. The molecule has 1 saturated heterocycles. The number of benzene rings is 1. The Kier molecular flexibility index (Phi) is 4.94. The molecular formula is C22H19N5O2S. The molecule has 0 unspecified atom stereocenters. The molecule has 1 aliphatic rings. The number of thiazole rings is 1. The van der Waals surface area contributed by atoms with Crippen molar-refractivity contribution in [1.82, 2.24) is 24.8 Å². The van der Waals surface area contributed by atoms with Gasteiger partial charge >= 0.3 is 0 Å². The molecule has 0 radical (unpaired) electrons. The average molecular weight is 417 g/mol. The highest BCUT2D eigenvalue weighted by Crippen LogP contribution is 2.25. The van der Waals surface area contributed by atoms with Gasteiger partial charge < -0.3 is 10.0 Å². The van der Waals surface area contributed by atoms with Crippen molar-refractivity contribution in [3.63, 3.8) is 0 Å². The zero-order chi connectivity index (χ0) is 20.5. The van der Waals surface area contributed by atoms with Crippen LogP contribution in [0.1, 0.15) is 16.2 Å². The van der Waals surface area contributed by atoms with Gasteiger partial charge in [0.25, 0.3) is 5.91 Å². The molecule has 0 bridgehead atoms. The fourth-order valence-electron chi connectivity index (χ4n) is 3.76. The highest BCUT2D eigenvalue weighted by atomic mass is 32.1. The van der Waals surface area contributed by atoms with Crippen molar-refractivity contribution in [2.45, 2.75) is 12.5 Å². The molecule has 1 amide bonds. The lowest BCUT2D eigenvalue weighted by Gasteiger charge is -2.15. The van der Waals surface area contributed by atoms with E-state index in [1.807, 2.05) is 36.4 Å². The second-order valence-corrected chi connectivity index (χ2v) is 8.21. The van der Waals surface area contributed by atoms with Crippen LogP contribution in [0.5, 0.6) is 0 Å². The number of pyridine rings is 1. The molecule has 30 heavy (non-hydrogen) atoms. The van der Waals surface area contributed by atoms with E-state index in [2.05, 4.69) is 15.0 Å². The fraction of sp³-hybridized carbons (Fsp3) is 0.227. The van der Waals surface area contributed by atoms with Gasteiger partial charge in [0.2, 0.25) is 0 Å². The summed E-state index contributed by atoms with van der Waals surface area (Å²) in [5.74, 6) is 0.267. The van der Waals surface area contributed by atoms with E-state index >= 15 is 0 Å². The Labute approximate surface area is 177 Å². The van der Waals surface area contributed by atoms with Crippen molar-refractivity contribution in [3.05, 3.63) is 71.6 Å². The van der Waals surface area contributed by atoms with Crippen molar-refractivity contribution in [2.24, 2.45) is 5.92 Å². The summed E-state index contributed by atoms with van der Waals surface area (Å²) in [5.41, 5.74) is 2.22. The van der Waals surface area contributed by atoms with E-state index in [1.54, 1.807) is 28.7 Å². The Morgan fingerprint density at radius 2 is 1.90 bits per heavy atom. The van der Waals surface area contributed by atoms with Crippen LogP contribution in [0.2, 0.25) is 0 Å². The minimum atomic E-state index is -0.585. The molecule has 0 spiro atoms. The summed E-state index contributed by atoms with van der Waals surface area (Å²) >= 11 is 1.34. The number of amides is 1. The lowest BCUT2D eigenvalue weighted by molar-refractivity contribution is 0.0760. The number of aromatic nitrogens is 4. The van der Waals surface area contributed by atoms with E-state index < -0.39 is 6.10 Å². The van der Waals surface area contributed by atoms with Crippen LogP contribution in [0.4, 0.5) is 0 Å². The van der Waals surface area contributed by atoms with Crippen molar-refractivity contribution >= 4 is 28.1 Å². The van der Waals surface area contributed by atoms with Crippen LogP contribution in [-0.4, -0.2) is 55.0 Å². The summed E-state index contributed by atoms with van der Waals surface area (Å²) in [7, 11) is 0. The Morgan fingerprint density at radius 1 is 1.07 bits per heavy atom. The molecule has 0 aliphatic carbocycles. The SMILES string of the molecule is O=C(c1csc(-c2ncccn2)n1)N1C[C@@H](Cc2ccc3ccccc3n2)[C@H](O)C1. The Balaban J connectivity index is 1.29. The summed E-state index contributed by atoms with van der Waals surface area (Å²) in [6.07, 6.45) is 3.33. The van der Waals surface area contributed by atoms with Gasteiger partial charge in [0.15, 0.2) is 10.8 Å². The standard InChI is InChI=1S/C22H19N5O2S/c28-19-12-27(22(29)18-13-30-21(26-18)20-23-8-3-9-24-20)11-15(19)10-16-7-6-14-4-1-2-5-17(14)25-16/h1-9,13,15,19,28H,10-12H2/t15-,19-/m1/s1. The molecule has 7 nitrogen and oxygen atoms in total. The second kappa shape index (κ2) is 7.89. The number of β-amino-alcohol motifs (C(OH)–C–C–N with tert-alkyl or cyclic N) is 1. The quantitative estimate of drug-likeness (QED) is 0.549. The van der Waals surface area contributed by atoms with Crippen molar-refractivity contribution in [3.8, 4) is 10.8 Å². The number of carbonyl (C=O) groups excluding carboxylic acids is 1. The third-order valence-electron chi connectivity index (χ3n) is 5.30. The van der Waals surface area contributed by atoms with Gasteiger partial charge in [0.05, 0.1) is 11.6 Å². The minimum Gasteiger partial charge on any atom is -0.391 e. The molecule has 1 aromatic carbocycles. The zero-order valence-corrected chi connectivity index (χ0v) is 16.9. The van der Waals surface area contributed by atoms with Gasteiger partial charge in [-0.2, -0.15) is 0 Å². The average Bonchev–Trinajstić information content (AvgIpc) is 3.41. The van der Waals surface area contributed by atoms with Gasteiger partial charge in [-0.1, -0.05) is 24.3 Å². The zero-order valence-electron chi connectivity index (χ0n) is 16.0. The first-order valence-corrected chi connectivity index (χ1v) is 10.6. The van der Waals surface area contributed by atoms with E-state index in [0.717, 1.165) is 16.6 Å². The highest BCUT2D eigenvalue weighted by Gasteiger charge is 2.35. The molecule has 150 valence electrons. The first-order valence-electron chi connectivity index (χ1n) is 9.72. The normalized spacial score (nSPS) is 18.8. The van der Waals surface area contributed by atoms with E-state index in [4.69, 9.17) is 4.98 Å². The Hall–Kier alpha value is -3.23. The maximum absolute atomic E-state index is 12.9. The Bertz CT molecular complexity index is 1200. The molecule has 3 aromatic heterocycles. The number of likely N-dealkylation sites (tertiary alicyclic amines) is 1. The van der Waals surface area contributed by atoms with Crippen LogP contribution < -0.4 is 0 Å². The van der Waals surface area contributed by atoms with Crippen LogP contribution in [0.3, 0.4) is 0 Å². The summed E-state index contributed by atoms with van der Waals surface area (Å²) in [6, 6.07) is 13.7. The molecule has 4 heterocycles. The summed E-state index contributed by atoms with van der Waals surface area (Å²) in [5, 5.41) is 14.0. The van der Waals surface area contributed by atoms with Crippen LogP contribution in [0.15, 0.2) is 60.2 Å². The fourth-order valence-corrected chi connectivity index (χ4v) is 4.50. The number of hydrogen-bond acceptors (Lipinski definition) is 7. The van der Waals surface area contributed by atoms with E-state index in [9.17, 15) is 9.90 Å². The number of nitrogens with zero attached hydrogens (tertiary/aromatic N) is 5. The van der Waals surface area contributed by atoms with Gasteiger partial charge in [-0.05, 0) is 24.6 Å². The van der Waals surface area contributed by atoms with Crippen LogP contribution >= 0.6 is 11.3 Å². The summed E-state index contributed by atoms with van der Waals surface area (Å²) in [6.45, 7) is 0.773. The number of aliphatic hydroxyl groups excluding tert-OH is 1. The lowest BCUT2D eigenvalue weighted by atomic mass is 9.99. The predicted molar refractivity (Wildman–Crippen MR) is 114 cm³/mol. The minimum absolute atomic E-state index is 0.0572. The van der Waals surface area contributed by atoms with Gasteiger partial charge in [0, 0.05) is 47.9 Å². The van der Waals surface area contributed by atoms with Crippen molar-refractivity contribution in [1.29, 1.82) is 0 Å². The van der Waals surface area contributed by atoms with Gasteiger partial charge in [-0.3, -0.25) is 9.78 Å². The molecule has 1 N–H and O–H groups in total. The Morgan fingerprint density at radius 3 is 2.77 bits per heavy atom. The third kappa shape index (κ3) is 3.67. The number of carbonyl (C=O) groups is 1. The number of rotatable bonds is 4. The molecule has 0 saturated carbocycles. The van der Waals surface area contributed by atoms with E-state index in [0.29, 0.717) is 36.0 Å². The predicted octanol–water partition coefficient (Wildman–Crippen LogP) is 2.82. The number of para-hydroxylation sites is 1. The van der Waals surface area contributed by atoms with Gasteiger partial charge in [-0.25, -0.2) is 15.0 Å². The molecule has 8 heteroatoms. The van der Waals surface area contributed by atoms with Crippen LogP contribution in [0, 0.1) is 5.92 Å². The maximum atomic E-state index is 12.9. The van der Waals surface area contributed by atoms with E-state index in [-0.39, 0.29) is 11.8 Å². The largest absolute Gasteiger partial charge is 0.391 e. The van der Waals surface area contributed by atoms with Crippen molar-refractivity contribution in [2.75, 3.05) is 13.1 Å². The first-order chi connectivity index (χ1) is 14.7. The van der Waals surface area contributed by atoms with Gasteiger partial charge in [-0.15, -0.1) is 11.3 Å². The molecule has 1 fully saturated rings. The summed E-state index contributed by atoms with van der Waals surface area (Å²) < 4.78 is 0. The lowest BCUT2D eigenvalue weighted by Crippen LogP contribution is -2.29. The van der Waals surface area contributed by atoms with Gasteiger partial charge in [0.1, 0.15) is 5.69 Å². The molecule has 2 atom stereocenters. The molecule has 5 rings (SSSR count). The molecular weight excluding hydrogens is 398 g/mol. The monoisotopic (exact) mass is 417 g/mol. The molecule has 4 aromatic rings. The van der Waals surface area contributed by atoms with Crippen LogP contribution in [0.25, 0.3) is 21.7 Å². The highest BCUT2D eigenvalue weighted by molar-refractivity contribution is 7.13. The van der Waals surface area contributed by atoms with Crippen LogP contribution in [-0.2, 0) is 6.42 Å². The van der Waals surface area contributed by atoms with Crippen molar-refractivity contribution < 1.29 is 9.90 Å². The smallest absolute Gasteiger partial charge is 0.273 e. The van der Waals surface area contributed by atoms with E-state index in [1.165, 1.54) is 11.3 Å². The third-order valence-corrected chi connectivity index (χ3v) is 6.14.